The van der Waals surface area contributed by atoms with Gasteiger partial charge in [0.15, 0.2) is 0 Å². The maximum Gasteiger partial charge on any atom is 0.0777 e. The van der Waals surface area contributed by atoms with E-state index in [4.69, 9.17) is 5.84 Å². The van der Waals surface area contributed by atoms with Gasteiger partial charge in [-0.3, -0.25) is 5.43 Å². The van der Waals surface area contributed by atoms with Crippen LogP contribution in [-0.4, -0.2) is 10.2 Å². The molecule has 2 aliphatic heterocycles. The van der Waals surface area contributed by atoms with Gasteiger partial charge in [0.2, 0.25) is 0 Å². The van der Waals surface area contributed by atoms with Gasteiger partial charge >= 0.3 is 0 Å². The van der Waals surface area contributed by atoms with E-state index in [1.807, 2.05) is 30.6 Å². The Balaban J connectivity index is 2.30. The fourth-order valence-corrected chi connectivity index (χ4v) is 0.953. The minimum absolute atomic E-state index is 1.05. The summed E-state index contributed by atoms with van der Waals surface area (Å²) in [7, 11) is 0. The second-order valence-electron chi connectivity index (χ2n) is 2.09. The SMILES string of the molecule is NN1NC=C2C=CC=CN21. The maximum atomic E-state index is 5.50. The second-order valence-corrected chi connectivity index (χ2v) is 2.09. The van der Waals surface area contributed by atoms with Crippen LogP contribution in [0.25, 0.3) is 0 Å². The van der Waals surface area contributed by atoms with Gasteiger partial charge in [0.05, 0.1) is 5.70 Å². The van der Waals surface area contributed by atoms with E-state index in [1.54, 1.807) is 5.01 Å². The van der Waals surface area contributed by atoms with E-state index in [-0.39, 0.29) is 0 Å². The maximum absolute atomic E-state index is 5.50. The highest BCUT2D eigenvalue weighted by molar-refractivity contribution is 5.28. The molecule has 0 unspecified atom stereocenters. The number of nitrogens with two attached hydrogens (primary N) is 1. The van der Waals surface area contributed by atoms with Gasteiger partial charge in [-0.25, -0.2) is 10.9 Å². The molecule has 10 heavy (non-hydrogen) atoms. The third kappa shape index (κ3) is 0.632. The minimum atomic E-state index is 1.05. The Morgan fingerprint density at radius 3 is 3.10 bits per heavy atom. The summed E-state index contributed by atoms with van der Waals surface area (Å²) < 4.78 is 0. The second kappa shape index (κ2) is 1.86. The van der Waals surface area contributed by atoms with Crippen LogP contribution in [0.3, 0.4) is 0 Å². The van der Waals surface area contributed by atoms with E-state index in [2.05, 4.69) is 5.43 Å². The highest BCUT2D eigenvalue weighted by atomic mass is 15.9. The largest absolute Gasteiger partial charge is 0.292 e. The Morgan fingerprint density at radius 2 is 2.30 bits per heavy atom. The van der Waals surface area contributed by atoms with Gasteiger partial charge in [-0.1, -0.05) is 11.3 Å². The van der Waals surface area contributed by atoms with Gasteiger partial charge < -0.3 is 0 Å². The molecule has 52 valence electrons. The first-order valence-electron chi connectivity index (χ1n) is 3.03. The molecule has 0 spiro atoms. The monoisotopic (exact) mass is 136 g/mol. The van der Waals surface area contributed by atoms with Gasteiger partial charge in [-0.05, 0) is 12.2 Å². The van der Waals surface area contributed by atoms with Crippen molar-refractivity contribution in [1.29, 1.82) is 0 Å². The molecule has 0 saturated carbocycles. The lowest BCUT2D eigenvalue weighted by Crippen LogP contribution is -2.45. The zero-order chi connectivity index (χ0) is 6.97. The molecule has 0 amide bonds. The molecule has 0 aromatic heterocycles. The molecule has 0 aromatic rings. The number of fused-ring (bicyclic) bond motifs is 1. The first-order chi connectivity index (χ1) is 4.88. The Morgan fingerprint density at radius 1 is 1.40 bits per heavy atom. The van der Waals surface area contributed by atoms with Crippen molar-refractivity contribution in [2.24, 2.45) is 5.84 Å². The topological polar surface area (TPSA) is 44.5 Å². The molecule has 0 radical (unpaired) electrons. The average molecular weight is 136 g/mol. The molecule has 0 aliphatic carbocycles. The van der Waals surface area contributed by atoms with Gasteiger partial charge in [0.25, 0.3) is 0 Å². The molecule has 4 heteroatoms. The van der Waals surface area contributed by atoms with Crippen LogP contribution in [0.5, 0.6) is 0 Å². The summed E-state index contributed by atoms with van der Waals surface area (Å²) in [6.45, 7) is 0. The highest BCUT2D eigenvalue weighted by Crippen LogP contribution is 2.15. The van der Waals surface area contributed by atoms with Crippen LogP contribution in [0.15, 0.2) is 36.3 Å². The molecule has 0 aromatic carbocycles. The van der Waals surface area contributed by atoms with Crippen molar-refractivity contribution in [3.05, 3.63) is 36.3 Å². The molecule has 0 fully saturated rings. The number of rotatable bonds is 0. The molecule has 2 aliphatic rings. The summed E-state index contributed by atoms with van der Waals surface area (Å²) in [5.74, 6) is 5.50. The summed E-state index contributed by atoms with van der Waals surface area (Å²) in [6.07, 6.45) is 9.57. The van der Waals surface area contributed by atoms with Crippen LogP contribution in [0.1, 0.15) is 0 Å². The van der Waals surface area contributed by atoms with E-state index >= 15 is 0 Å². The molecular formula is C6H8N4. The lowest BCUT2D eigenvalue weighted by atomic mass is 10.3. The fraction of sp³-hybridized carbons (Fsp3) is 0. The van der Waals surface area contributed by atoms with Crippen LogP contribution in [0.4, 0.5) is 0 Å². The Labute approximate surface area is 58.8 Å². The van der Waals surface area contributed by atoms with E-state index in [0.29, 0.717) is 0 Å². The summed E-state index contributed by atoms with van der Waals surface area (Å²) in [5, 5.41) is 3.22. The summed E-state index contributed by atoms with van der Waals surface area (Å²) in [4.78, 5) is 0. The van der Waals surface area contributed by atoms with Crippen molar-refractivity contribution in [2.45, 2.75) is 0 Å². The first kappa shape index (κ1) is 5.52. The van der Waals surface area contributed by atoms with Gasteiger partial charge in [-0.15, -0.1) is 0 Å². The zero-order valence-electron chi connectivity index (χ0n) is 5.36. The van der Waals surface area contributed by atoms with Crippen LogP contribution >= 0.6 is 0 Å². The van der Waals surface area contributed by atoms with Gasteiger partial charge in [-0.2, -0.15) is 0 Å². The van der Waals surface area contributed by atoms with Crippen LogP contribution in [0.2, 0.25) is 0 Å². The standard InChI is InChI=1S/C6H8N4/c7-10-8-5-6-3-1-2-4-9(6)10/h1-5,8H,7H2. The summed E-state index contributed by atoms with van der Waals surface area (Å²) in [6, 6.07) is 0. The van der Waals surface area contributed by atoms with E-state index in [9.17, 15) is 0 Å². The van der Waals surface area contributed by atoms with E-state index in [1.165, 1.54) is 5.23 Å². The molecule has 4 nitrogen and oxygen atoms in total. The molecule has 3 N–H and O–H groups in total. The zero-order valence-corrected chi connectivity index (χ0v) is 5.36. The Kier molecular flexibility index (Phi) is 1.03. The van der Waals surface area contributed by atoms with Crippen molar-refractivity contribution in [1.82, 2.24) is 15.7 Å². The van der Waals surface area contributed by atoms with Crippen molar-refractivity contribution in [2.75, 3.05) is 0 Å². The smallest absolute Gasteiger partial charge is 0.0777 e. The highest BCUT2D eigenvalue weighted by Gasteiger charge is 2.17. The van der Waals surface area contributed by atoms with Crippen molar-refractivity contribution in [3.8, 4) is 0 Å². The normalized spacial score (nSPS) is 22.5. The number of allylic oxidation sites excluding steroid dienone is 3. The predicted molar refractivity (Wildman–Crippen MR) is 37.4 cm³/mol. The third-order valence-corrected chi connectivity index (χ3v) is 1.45. The fourth-order valence-electron chi connectivity index (χ4n) is 0.953. The summed E-state index contributed by atoms with van der Waals surface area (Å²) >= 11 is 0. The number of hydrazine groups is 3. The molecule has 2 heterocycles. The van der Waals surface area contributed by atoms with Crippen LogP contribution < -0.4 is 11.3 Å². The lowest BCUT2D eigenvalue weighted by molar-refractivity contribution is 0.0430. The van der Waals surface area contributed by atoms with Gasteiger partial charge in [0.1, 0.15) is 0 Å². The summed E-state index contributed by atoms with van der Waals surface area (Å²) in [5.41, 5.74) is 3.88. The predicted octanol–water partition coefficient (Wildman–Crippen LogP) is -0.178. The number of hydrogen-bond donors (Lipinski definition) is 2. The number of nitrogens with zero attached hydrogens (tertiary/aromatic N) is 2. The number of hydrogen-bond acceptors (Lipinski definition) is 4. The molecule has 0 bridgehead atoms. The Hall–Kier alpha value is -1.26. The van der Waals surface area contributed by atoms with Crippen molar-refractivity contribution < 1.29 is 0 Å². The molecule has 2 rings (SSSR count). The first-order valence-corrected chi connectivity index (χ1v) is 3.03. The molecule has 0 saturated heterocycles. The van der Waals surface area contributed by atoms with Crippen molar-refractivity contribution in [3.63, 3.8) is 0 Å². The molecular weight excluding hydrogens is 128 g/mol. The van der Waals surface area contributed by atoms with Crippen molar-refractivity contribution >= 4 is 0 Å². The number of nitrogens with one attached hydrogen (secondary N) is 1. The quantitative estimate of drug-likeness (QED) is 0.453. The van der Waals surface area contributed by atoms with E-state index in [0.717, 1.165) is 5.70 Å². The van der Waals surface area contributed by atoms with Crippen LogP contribution in [-0.2, 0) is 0 Å². The Bertz CT molecular complexity index is 228. The van der Waals surface area contributed by atoms with Crippen LogP contribution in [0, 0.1) is 0 Å². The molecule has 0 atom stereocenters. The third-order valence-electron chi connectivity index (χ3n) is 1.45. The lowest BCUT2D eigenvalue weighted by Gasteiger charge is -2.23. The van der Waals surface area contributed by atoms with E-state index < -0.39 is 0 Å². The van der Waals surface area contributed by atoms with Gasteiger partial charge in [0, 0.05) is 12.4 Å². The average Bonchev–Trinajstić information content (AvgIpc) is 2.34. The minimum Gasteiger partial charge on any atom is -0.292 e.